The van der Waals surface area contributed by atoms with Crippen LogP contribution < -0.4 is 44.6 Å². The van der Waals surface area contributed by atoms with Gasteiger partial charge in [-0.3, -0.25) is 29.2 Å². The van der Waals surface area contributed by atoms with E-state index in [9.17, 15) is 34.2 Å². The average molecular weight is 545 g/mol. The molecule has 0 rings (SSSR count). The van der Waals surface area contributed by atoms with Gasteiger partial charge in [-0.15, -0.1) is 0 Å². The molecule has 4 unspecified atom stereocenters. The molecular weight excluding hydrogens is 504 g/mol. The summed E-state index contributed by atoms with van der Waals surface area (Å²) in [6.45, 7) is 3.66. The fraction of sp³-hybridized carbons (Fsp3) is 0.667. The fourth-order valence-corrected chi connectivity index (χ4v) is 3.03. The van der Waals surface area contributed by atoms with Crippen LogP contribution in [0.1, 0.15) is 46.0 Å². The van der Waals surface area contributed by atoms with Crippen LogP contribution in [0.5, 0.6) is 0 Å². The van der Waals surface area contributed by atoms with Gasteiger partial charge in [-0.25, -0.2) is 4.79 Å². The Bertz CT molecular complexity index is 886. The standard InChI is InChI=1S/C21H40N10O7/c1-10(2)15(22)18(36)29-11(5-3-7-27-20(23)24)16(34)31-13(9-14(32)33)17(35)30-12(19(37)38)6-4-8-28-21(25)26/h10-13,15H,3-9,22H2,1-2H3,(H,29,36)(H,30,35)(H,31,34)(H,32,33)(H,37,38)(H4,23,24,27)(H4,25,26,28). The number of guanidine groups is 2. The number of rotatable bonds is 18. The summed E-state index contributed by atoms with van der Waals surface area (Å²) in [5, 5.41) is 25.7. The molecule has 0 aliphatic heterocycles. The molecule has 0 radical (unpaired) electrons. The monoisotopic (exact) mass is 544 g/mol. The van der Waals surface area contributed by atoms with Crippen LogP contribution >= 0.6 is 0 Å². The molecule has 0 saturated carbocycles. The summed E-state index contributed by atoms with van der Waals surface area (Å²) in [5.74, 6) is -5.95. The van der Waals surface area contributed by atoms with Gasteiger partial charge in [0.05, 0.1) is 12.5 Å². The molecule has 216 valence electrons. The predicted molar refractivity (Wildman–Crippen MR) is 138 cm³/mol. The molecule has 0 bridgehead atoms. The van der Waals surface area contributed by atoms with Gasteiger partial charge in [-0.1, -0.05) is 13.8 Å². The molecule has 3 amide bonds. The van der Waals surface area contributed by atoms with E-state index in [0.717, 1.165) is 0 Å². The summed E-state index contributed by atoms with van der Waals surface area (Å²) in [5.41, 5.74) is 26.8. The first-order valence-corrected chi connectivity index (χ1v) is 11.9. The maximum Gasteiger partial charge on any atom is 0.326 e. The Morgan fingerprint density at radius 1 is 0.711 bits per heavy atom. The number of hydrogen-bond donors (Lipinski definition) is 10. The number of nitrogens with zero attached hydrogens (tertiary/aromatic N) is 2. The zero-order valence-electron chi connectivity index (χ0n) is 21.6. The van der Waals surface area contributed by atoms with Crippen LogP contribution in [0.3, 0.4) is 0 Å². The first-order valence-electron chi connectivity index (χ1n) is 11.9. The largest absolute Gasteiger partial charge is 0.481 e. The van der Waals surface area contributed by atoms with Crippen molar-refractivity contribution in [3.05, 3.63) is 0 Å². The number of hydrogen-bond acceptors (Lipinski definition) is 8. The molecule has 0 aromatic rings. The summed E-state index contributed by atoms with van der Waals surface area (Å²) in [4.78, 5) is 68.7. The smallest absolute Gasteiger partial charge is 0.326 e. The number of aliphatic carboxylic acids is 2. The predicted octanol–water partition coefficient (Wildman–Crippen LogP) is -3.91. The molecule has 38 heavy (non-hydrogen) atoms. The number of carbonyl (C=O) groups excluding carboxylic acids is 3. The minimum atomic E-state index is -1.64. The number of carbonyl (C=O) groups is 5. The molecule has 4 atom stereocenters. The van der Waals surface area contributed by atoms with E-state index in [-0.39, 0.29) is 56.6 Å². The van der Waals surface area contributed by atoms with Crippen molar-refractivity contribution in [2.45, 2.75) is 70.1 Å². The van der Waals surface area contributed by atoms with Crippen LogP contribution in [0.15, 0.2) is 9.98 Å². The van der Waals surface area contributed by atoms with Crippen LogP contribution in [-0.4, -0.2) is 89.0 Å². The molecule has 0 aromatic heterocycles. The lowest BCUT2D eigenvalue weighted by atomic mass is 10.0. The molecule has 17 heteroatoms. The third-order valence-electron chi connectivity index (χ3n) is 5.17. The van der Waals surface area contributed by atoms with Gasteiger partial charge in [-0.05, 0) is 31.6 Å². The highest BCUT2D eigenvalue weighted by atomic mass is 16.4. The number of nitrogens with one attached hydrogen (secondary N) is 3. The minimum absolute atomic E-state index is 0.0309. The summed E-state index contributed by atoms with van der Waals surface area (Å²) < 4.78 is 0. The second-order valence-electron chi connectivity index (χ2n) is 8.79. The van der Waals surface area contributed by atoms with Crippen LogP contribution in [0.2, 0.25) is 0 Å². The van der Waals surface area contributed by atoms with E-state index in [0.29, 0.717) is 0 Å². The molecule has 0 spiro atoms. The highest BCUT2D eigenvalue weighted by Gasteiger charge is 2.31. The van der Waals surface area contributed by atoms with Gasteiger partial charge >= 0.3 is 11.9 Å². The lowest BCUT2D eigenvalue weighted by Crippen LogP contribution is -2.57. The highest BCUT2D eigenvalue weighted by Crippen LogP contribution is 2.06. The maximum absolute atomic E-state index is 13.0. The third kappa shape index (κ3) is 14.4. The van der Waals surface area contributed by atoms with Crippen LogP contribution in [0.25, 0.3) is 0 Å². The zero-order valence-corrected chi connectivity index (χ0v) is 21.6. The number of aliphatic imine (C=N–C) groups is 2. The lowest BCUT2D eigenvalue weighted by Gasteiger charge is -2.25. The van der Waals surface area contributed by atoms with Crippen molar-refractivity contribution in [3.8, 4) is 0 Å². The van der Waals surface area contributed by atoms with E-state index in [2.05, 4.69) is 25.9 Å². The number of amides is 3. The first-order chi connectivity index (χ1) is 17.6. The third-order valence-corrected chi connectivity index (χ3v) is 5.17. The van der Waals surface area contributed by atoms with E-state index in [1.54, 1.807) is 13.8 Å². The van der Waals surface area contributed by atoms with Gasteiger partial charge < -0.3 is 54.8 Å². The van der Waals surface area contributed by atoms with E-state index in [1.807, 2.05) is 0 Å². The topological polar surface area (TPSA) is 317 Å². The van der Waals surface area contributed by atoms with Crippen molar-refractivity contribution in [2.75, 3.05) is 13.1 Å². The second-order valence-corrected chi connectivity index (χ2v) is 8.79. The van der Waals surface area contributed by atoms with Crippen molar-refractivity contribution in [1.29, 1.82) is 0 Å². The van der Waals surface area contributed by atoms with E-state index in [4.69, 9.17) is 28.7 Å². The Morgan fingerprint density at radius 2 is 1.13 bits per heavy atom. The summed E-state index contributed by atoms with van der Waals surface area (Å²) >= 11 is 0. The molecule has 0 aliphatic carbocycles. The molecule has 0 aromatic carbocycles. The first kappa shape index (κ1) is 33.8. The maximum atomic E-state index is 13.0. The van der Waals surface area contributed by atoms with Gasteiger partial charge in [0.1, 0.15) is 18.1 Å². The van der Waals surface area contributed by atoms with Crippen molar-refractivity contribution in [2.24, 2.45) is 44.6 Å². The number of carboxylic acids is 2. The second kappa shape index (κ2) is 17.3. The van der Waals surface area contributed by atoms with Crippen LogP contribution in [0, 0.1) is 5.92 Å². The Morgan fingerprint density at radius 3 is 1.55 bits per heavy atom. The van der Waals surface area contributed by atoms with Gasteiger partial charge in [0, 0.05) is 13.1 Å². The zero-order chi connectivity index (χ0) is 29.4. The Labute approximate surface area is 220 Å². The number of nitrogens with two attached hydrogens (primary N) is 5. The van der Waals surface area contributed by atoms with Gasteiger partial charge in [0.2, 0.25) is 17.7 Å². The van der Waals surface area contributed by atoms with Crippen LogP contribution in [-0.2, 0) is 24.0 Å². The molecule has 0 saturated heterocycles. The molecular formula is C21H40N10O7. The van der Waals surface area contributed by atoms with E-state index >= 15 is 0 Å². The van der Waals surface area contributed by atoms with Crippen molar-refractivity contribution in [3.63, 3.8) is 0 Å². The minimum Gasteiger partial charge on any atom is -0.481 e. The van der Waals surface area contributed by atoms with Gasteiger partial charge in [0.25, 0.3) is 0 Å². The quantitative estimate of drug-likeness (QED) is 0.0449. The van der Waals surface area contributed by atoms with Crippen molar-refractivity contribution < 1.29 is 34.2 Å². The molecule has 17 nitrogen and oxygen atoms in total. The molecule has 0 heterocycles. The Balaban J connectivity index is 5.60. The SMILES string of the molecule is CC(C)C(N)C(=O)NC(CCCN=C(N)N)C(=O)NC(CC(=O)O)C(=O)NC(CCCN=C(N)N)C(=O)O. The summed E-state index contributed by atoms with van der Waals surface area (Å²) in [6.07, 6.45) is -0.436. The van der Waals surface area contributed by atoms with Gasteiger partial charge in [-0.2, -0.15) is 0 Å². The molecule has 15 N–H and O–H groups in total. The average Bonchev–Trinajstić information content (AvgIpc) is 2.80. The van der Waals surface area contributed by atoms with Crippen molar-refractivity contribution >= 4 is 41.6 Å². The Kier molecular flexibility index (Phi) is 15.4. The summed E-state index contributed by atoms with van der Waals surface area (Å²) in [7, 11) is 0. The fourth-order valence-electron chi connectivity index (χ4n) is 3.03. The van der Waals surface area contributed by atoms with Crippen molar-refractivity contribution in [1.82, 2.24) is 16.0 Å². The van der Waals surface area contributed by atoms with Gasteiger partial charge in [0.15, 0.2) is 11.9 Å². The van der Waals surface area contributed by atoms with Crippen LogP contribution in [0.4, 0.5) is 0 Å². The molecule has 0 fully saturated rings. The number of carboxylic acid groups (broad SMARTS) is 2. The van der Waals surface area contributed by atoms with E-state index < -0.39 is 60.2 Å². The summed E-state index contributed by atoms with van der Waals surface area (Å²) in [6, 6.07) is -5.18. The molecule has 0 aliphatic rings. The highest BCUT2D eigenvalue weighted by molar-refractivity contribution is 5.95. The Hall–Kier alpha value is -4.15. The van der Waals surface area contributed by atoms with E-state index in [1.165, 1.54) is 0 Å². The lowest BCUT2D eigenvalue weighted by molar-refractivity contribution is -0.143. The normalized spacial score (nSPS) is 13.8.